The number of rotatable bonds is 4. The smallest absolute Gasteiger partial charge is 0.227 e. The van der Waals surface area contributed by atoms with E-state index < -0.39 is 0 Å². The molecule has 8 nitrogen and oxygen atoms in total. The molecule has 3 rings (SSSR count). The Morgan fingerprint density at radius 2 is 1.77 bits per heavy atom. The Morgan fingerprint density at radius 1 is 1.05 bits per heavy atom. The van der Waals surface area contributed by atoms with Crippen LogP contribution in [0.25, 0.3) is 17.2 Å². The van der Waals surface area contributed by atoms with Crippen molar-refractivity contribution in [3.8, 4) is 28.7 Å². The fraction of sp³-hybridized carbons (Fsp3) is 0.143. The molecule has 0 aliphatic heterocycles. The summed E-state index contributed by atoms with van der Waals surface area (Å²) in [6.07, 6.45) is 4.74. The number of benzene rings is 1. The summed E-state index contributed by atoms with van der Waals surface area (Å²) in [5, 5.41) is 8.02. The zero-order valence-electron chi connectivity index (χ0n) is 12.1. The molecule has 0 radical (unpaired) electrons. The van der Waals surface area contributed by atoms with Crippen LogP contribution in [0.4, 0.5) is 5.95 Å². The highest BCUT2D eigenvalue weighted by Crippen LogP contribution is 2.36. The summed E-state index contributed by atoms with van der Waals surface area (Å²) in [6.45, 7) is 0. The maximum Gasteiger partial charge on any atom is 0.227 e. The third-order valence-electron chi connectivity index (χ3n) is 3.11. The third-order valence-corrected chi connectivity index (χ3v) is 3.11. The molecule has 0 aliphatic rings. The van der Waals surface area contributed by atoms with Crippen molar-refractivity contribution < 1.29 is 9.47 Å². The van der Waals surface area contributed by atoms with Gasteiger partial charge >= 0.3 is 0 Å². The molecule has 0 aliphatic carbocycles. The number of hydrogen-bond donors (Lipinski definition) is 1. The van der Waals surface area contributed by atoms with Crippen molar-refractivity contribution in [3.63, 3.8) is 0 Å². The van der Waals surface area contributed by atoms with E-state index in [0.29, 0.717) is 28.7 Å². The zero-order valence-corrected chi connectivity index (χ0v) is 12.1. The number of para-hydroxylation sites is 1. The first-order valence-corrected chi connectivity index (χ1v) is 6.45. The van der Waals surface area contributed by atoms with E-state index in [4.69, 9.17) is 15.2 Å². The average molecular weight is 298 g/mol. The lowest BCUT2D eigenvalue weighted by Gasteiger charge is -2.15. The van der Waals surface area contributed by atoms with Crippen LogP contribution >= 0.6 is 0 Å². The van der Waals surface area contributed by atoms with Gasteiger partial charge in [-0.1, -0.05) is 6.07 Å². The first-order valence-electron chi connectivity index (χ1n) is 6.45. The second kappa shape index (κ2) is 5.68. The highest BCUT2D eigenvalue weighted by atomic mass is 16.5. The van der Waals surface area contributed by atoms with Crippen LogP contribution < -0.4 is 15.2 Å². The van der Waals surface area contributed by atoms with Crippen molar-refractivity contribution in [2.75, 3.05) is 20.0 Å². The molecule has 0 amide bonds. The highest BCUT2D eigenvalue weighted by molar-refractivity contribution is 5.65. The fourth-order valence-electron chi connectivity index (χ4n) is 2.15. The summed E-state index contributed by atoms with van der Waals surface area (Å²) < 4.78 is 12.4. The van der Waals surface area contributed by atoms with Crippen LogP contribution in [-0.4, -0.2) is 39.0 Å². The van der Waals surface area contributed by atoms with E-state index >= 15 is 0 Å². The van der Waals surface area contributed by atoms with E-state index in [-0.39, 0.29) is 5.95 Å². The minimum atomic E-state index is 0.198. The van der Waals surface area contributed by atoms with Gasteiger partial charge in [-0.25, -0.2) is 4.98 Å². The molecule has 22 heavy (non-hydrogen) atoms. The first kappa shape index (κ1) is 13.8. The van der Waals surface area contributed by atoms with Gasteiger partial charge in [0.15, 0.2) is 5.82 Å². The Hall–Kier alpha value is -3.16. The minimum Gasteiger partial charge on any atom is -0.494 e. The van der Waals surface area contributed by atoms with Crippen molar-refractivity contribution in [2.45, 2.75) is 0 Å². The van der Waals surface area contributed by atoms with E-state index in [2.05, 4.69) is 20.2 Å². The molecule has 0 saturated carbocycles. The number of nitrogens with zero attached hydrogens (tertiary/aromatic N) is 5. The van der Waals surface area contributed by atoms with Gasteiger partial charge in [0.1, 0.15) is 22.9 Å². The van der Waals surface area contributed by atoms with Gasteiger partial charge in [-0.2, -0.15) is 0 Å². The molecule has 0 unspecified atom stereocenters. The summed E-state index contributed by atoms with van der Waals surface area (Å²) in [4.78, 5) is 8.28. The second-order valence-corrected chi connectivity index (χ2v) is 4.32. The molecule has 0 spiro atoms. The minimum absolute atomic E-state index is 0.198. The lowest BCUT2D eigenvalue weighted by Crippen LogP contribution is -2.07. The quantitative estimate of drug-likeness (QED) is 0.775. The Labute approximate surface area is 126 Å². The van der Waals surface area contributed by atoms with Crippen molar-refractivity contribution in [2.24, 2.45) is 0 Å². The topological polar surface area (TPSA) is 101 Å². The Morgan fingerprint density at radius 3 is 2.36 bits per heavy atom. The number of ether oxygens (including phenoxy) is 2. The van der Waals surface area contributed by atoms with Gasteiger partial charge in [0.2, 0.25) is 5.95 Å². The van der Waals surface area contributed by atoms with Crippen molar-refractivity contribution >= 4 is 5.95 Å². The van der Waals surface area contributed by atoms with Crippen LogP contribution in [0.1, 0.15) is 0 Å². The molecule has 0 atom stereocenters. The third kappa shape index (κ3) is 2.20. The summed E-state index contributed by atoms with van der Waals surface area (Å²) in [5.41, 5.74) is 7.14. The van der Waals surface area contributed by atoms with E-state index in [0.717, 1.165) is 0 Å². The molecule has 1 aromatic carbocycles. The lowest BCUT2D eigenvalue weighted by molar-refractivity contribution is 0.391. The number of nitrogens with two attached hydrogens (primary N) is 1. The molecular formula is C14H14N6O2. The van der Waals surface area contributed by atoms with Crippen LogP contribution in [0.3, 0.4) is 0 Å². The monoisotopic (exact) mass is 298 g/mol. The largest absolute Gasteiger partial charge is 0.494 e. The summed E-state index contributed by atoms with van der Waals surface area (Å²) in [7, 11) is 3.14. The predicted octanol–water partition coefficient (Wildman–Crippen LogP) is 1.32. The zero-order chi connectivity index (χ0) is 15.5. The molecule has 0 bridgehead atoms. The lowest BCUT2D eigenvalue weighted by atomic mass is 10.2. The summed E-state index contributed by atoms with van der Waals surface area (Å²) >= 11 is 0. The molecule has 0 saturated heterocycles. The van der Waals surface area contributed by atoms with E-state index in [1.165, 1.54) is 0 Å². The molecule has 2 N–H and O–H groups in total. The van der Waals surface area contributed by atoms with Gasteiger partial charge in [-0.3, -0.25) is 9.55 Å². The van der Waals surface area contributed by atoms with Crippen LogP contribution in [0.5, 0.6) is 11.5 Å². The first-order chi connectivity index (χ1) is 10.8. The van der Waals surface area contributed by atoms with E-state index in [9.17, 15) is 0 Å². The fourth-order valence-corrected chi connectivity index (χ4v) is 2.15. The van der Waals surface area contributed by atoms with Crippen LogP contribution in [0.2, 0.25) is 0 Å². The number of methoxy groups -OCH3 is 2. The van der Waals surface area contributed by atoms with E-state index in [1.807, 2.05) is 6.07 Å². The normalized spacial score (nSPS) is 10.5. The standard InChI is InChI=1S/C14H14N6O2/c1-21-10-4-3-5-11(22-2)12(10)20-13(18-19-14(20)15)9-8-16-6-7-17-9/h3-8H,1-2H3,(H2,15,19). The SMILES string of the molecule is COc1cccc(OC)c1-n1c(N)nnc1-c1cnccn1. The Bertz CT molecular complexity index is 765. The number of aromatic nitrogens is 5. The summed E-state index contributed by atoms with van der Waals surface area (Å²) in [5.74, 6) is 1.81. The number of hydrogen-bond acceptors (Lipinski definition) is 7. The average Bonchev–Trinajstić information content (AvgIpc) is 2.96. The molecule has 2 aromatic heterocycles. The molecule has 2 heterocycles. The highest BCUT2D eigenvalue weighted by Gasteiger charge is 2.21. The van der Waals surface area contributed by atoms with Gasteiger partial charge in [0, 0.05) is 12.4 Å². The molecule has 112 valence electrons. The van der Waals surface area contributed by atoms with Crippen LogP contribution in [-0.2, 0) is 0 Å². The maximum absolute atomic E-state index is 5.99. The van der Waals surface area contributed by atoms with Gasteiger partial charge in [-0.05, 0) is 12.1 Å². The molecular weight excluding hydrogens is 284 g/mol. The molecule has 0 fully saturated rings. The van der Waals surface area contributed by atoms with Gasteiger partial charge in [-0.15, -0.1) is 10.2 Å². The van der Waals surface area contributed by atoms with Gasteiger partial charge in [0.05, 0.1) is 20.4 Å². The molecule has 8 heteroatoms. The molecule has 3 aromatic rings. The second-order valence-electron chi connectivity index (χ2n) is 4.32. The van der Waals surface area contributed by atoms with Crippen molar-refractivity contribution in [1.29, 1.82) is 0 Å². The van der Waals surface area contributed by atoms with Crippen LogP contribution in [0, 0.1) is 0 Å². The van der Waals surface area contributed by atoms with E-state index in [1.54, 1.807) is 49.5 Å². The van der Waals surface area contributed by atoms with Gasteiger partial charge < -0.3 is 15.2 Å². The van der Waals surface area contributed by atoms with Crippen molar-refractivity contribution in [1.82, 2.24) is 24.7 Å². The number of anilines is 1. The van der Waals surface area contributed by atoms with Gasteiger partial charge in [0.25, 0.3) is 0 Å². The summed E-state index contributed by atoms with van der Waals surface area (Å²) in [6, 6.07) is 5.43. The van der Waals surface area contributed by atoms with Crippen LogP contribution in [0.15, 0.2) is 36.8 Å². The van der Waals surface area contributed by atoms with Crippen molar-refractivity contribution in [3.05, 3.63) is 36.8 Å². The Kier molecular flexibility index (Phi) is 3.57. The number of nitrogen functional groups attached to an aromatic ring is 1. The maximum atomic E-state index is 5.99. The Balaban J connectivity index is 2.28. The predicted molar refractivity (Wildman–Crippen MR) is 79.9 cm³/mol.